The summed E-state index contributed by atoms with van der Waals surface area (Å²) in [7, 11) is 0. The average molecular weight is 267 g/mol. The molecule has 0 amide bonds. The van der Waals surface area contributed by atoms with Gasteiger partial charge in [-0.3, -0.25) is 0 Å². The molecule has 2 nitrogen and oxygen atoms in total. The Balaban J connectivity index is 3.56. The van der Waals surface area contributed by atoms with E-state index < -0.39 is 17.3 Å². The highest BCUT2D eigenvalue weighted by Gasteiger charge is 2.19. The van der Waals surface area contributed by atoms with Crippen LogP contribution in [-0.4, -0.2) is 11.1 Å². The molecular weight excluding hydrogens is 262 g/mol. The minimum Gasteiger partial charge on any atom is -0.478 e. The van der Waals surface area contributed by atoms with Crippen molar-refractivity contribution >= 4 is 33.5 Å². The monoisotopic (exact) mass is 266 g/mol. The third-order valence-corrected chi connectivity index (χ3v) is 2.62. The van der Waals surface area contributed by atoms with E-state index in [1.807, 2.05) is 0 Å². The first-order chi connectivity index (χ1) is 5.95. The highest BCUT2D eigenvalue weighted by Crippen LogP contribution is 2.29. The maximum atomic E-state index is 13.2. The summed E-state index contributed by atoms with van der Waals surface area (Å²) >= 11 is 8.53. The molecule has 0 unspecified atom stereocenters. The highest BCUT2D eigenvalue weighted by molar-refractivity contribution is 9.10. The molecule has 0 saturated carbocycles. The van der Waals surface area contributed by atoms with Gasteiger partial charge >= 0.3 is 5.97 Å². The van der Waals surface area contributed by atoms with E-state index in [2.05, 4.69) is 15.9 Å². The Morgan fingerprint density at radius 3 is 2.69 bits per heavy atom. The van der Waals surface area contributed by atoms with Crippen molar-refractivity contribution < 1.29 is 14.3 Å². The molecule has 13 heavy (non-hydrogen) atoms. The number of carboxylic acids is 1. The van der Waals surface area contributed by atoms with Gasteiger partial charge in [-0.2, -0.15) is 0 Å². The molecule has 0 aromatic heterocycles. The summed E-state index contributed by atoms with van der Waals surface area (Å²) in [6.07, 6.45) is 0. The van der Waals surface area contributed by atoms with Gasteiger partial charge < -0.3 is 5.11 Å². The van der Waals surface area contributed by atoms with Crippen LogP contribution in [0, 0.1) is 12.7 Å². The highest BCUT2D eigenvalue weighted by atomic mass is 79.9. The largest absolute Gasteiger partial charge is 0.478 e. The second kappa shape index (κ2) is 3.64. The second-order valence-electron chi connectivity index (χ2n) is 2.48. The van der Waals surface area contributed by atoms with Crippen molar-refractivity contribution in [1.82, 2.24) is 0 Å². The molecule has 0 radical (unpaired) electrons. The van der Waals surface area contributed by atoms with E-state index >= 15 is 0 Å². The lowest BCUT2D eigenvalue weighted by atomic mass is 10.1. The van der Waals surface area contributed by atoms with E-state index in [-0.39, 0.29) is 9.50 Å². The molecule has 0 aliphatic heterocycles. The van der Waals surface area contributed by atoms with Gasteiger partial charge in [0.2, 0.25) is 0 Å². The van der Waals surface area contributed by atoms with E-state index in [9.17, 15) is 9.18 Å². The summed E-state index contributed by atoms with van der Waals surface area (Å²) in [5.74, 6) is -2.21. The molecule has 0 aliphatic rings. The first-order valence-corrected chi connectivity index (χ1v) is 4.49. The van der Waals surface area contributed by atoms with Crippen LogP contribution in [0.2, 0.25) is 5.02 Å². The minimum absolute atomic E-state index is 0.0619. The Labute approximate surface area is 87.5 Å². The summed E-state index contributed by atoms with van der Waals surface area (Å²) in [5.41, 5.74) is 0.0286. The summed E-state index contributed by atoms with van der Waals surface area (Å²) in [6, 6.07) is 1.43. The number of benzene rings is 1. The van der Waals surface area contributed by atoms with Crippen molar-refractivity contribution in [2.24, 2.45) is 0 Å². The van der Waals surface area contributed by atoms with Gasteiger partial charge in [-0.05, 0) is 34.5 Å². The van der Waals surface area contributed by atoms with Crippen molar-refractivity contribution in [3.8, 4) is 0 Å². The van der Waals surface area contributed by atoms with Crippen molar-refractivity contribution in [2.75, 3.05) is 0 Å². The molecule has 1 rings (SSSR count). The smallest absolute Gasteiger partial charge is 0.340 e. The molecule has 5 heteroatoms. The molecule has 0 bridgehead atoms. The number of aryl methyl sites for hydroxylation is 1. The van der Waals surface area contributed by atoms with Crippen LogP contribution in [0.15, 0.2) is 10.5 Å². The van der Waals surface area contributed by atoms with Gasteiger partial charge in [-0.15, -0.1) is 0 Å². The molecule has 0 heterocycles. The molecule has 0 spiro atoms. The van der Waals surface area contributed by atoms with E-state index in [0.717, 1.165) is 0 Å². The van der Waals surface area contributed by atoms with E-state index in [1.54, 1.807) is 6.92 Å². The molecule has 0 aliphatic carbocycles. The van der Waals surface area contributed by atoms with Crippen LogP contribution in [-0.2, 0) is 0 Å². The number of aromatic carboxylic acids is 1. The van der Waals surface area contributed by atoms with Crippen molar-refractivity contribution in [3.63, 3.8) is 0 Å². The minimum atomic E-state index is -1.37. The lowest BCUT2D eigenvalue weighted by Gasteiger charge is -2.05. The topological polar surface area (TPSA) is 37.3 Å². The predicted octanol–water partition coefficient (Wildman–Crippen LogP) is 3.25. The third kappa shape index (κ3) is 1.84. The van der Waals surface area contributed by atoms with Gasteiger partial charge in [0, 0.05) is 0 Å². The van der Waals surface area contributed by atoms with Crippen LogP contribution >= 0.6 is 27.5 Å². The fourth-order valence-corrected chi connectivity index (χ4v) is 1.68. The zero-order chi connectivity index (χ0) is 10.2. The molecule has 1 aromatic rings. The fraction of sp³-hybridized carbons (Fsp3) is 0.125. The zero-order valence-corrected chi connectivity index (χ0v) is 8.91. The Kier molecular flexibility index (Phi) is 2.93. The van der Waals surface area contributed by atoms with Gasteiger partial charge in [0.15, 0.2) is 5.82 Å². The van der Waals surface area contributed by atoms with Gasteiger partial charge in [0.05, 0.1) is 9.50 Å². The van der Waals surface area contributed by atoms with Crippen molar-refractivity contribution in [2.45, 2.75) is 6.92 Å². The molecule has 0 saturated heterocycles. The normalized spacial score (nSPS) is 10.2. The molecule has 1 N–H and O–H groups in total. The number of carboxylic acid groups (broad SMARTS) is 1. The quantitative estimate of drug-likeness (QED) is 0.793. The predicted molar refractivity (Wildman–Crippen MR) is 50.8 cm³/mol. The summed E-state index contributed by atoms with van der Waals surface area (Å²) in [4.78, 5) is 10.6. The van der Waals surface area contributed by atoms with Crippen LogP contribution in [0.3, 0.4) is 0 Å². The number of hydrogen-bond acceptors (Lipinski definition) is 1. The number of hydrogen-bond donors (Lipinski definition) is 1. The maximum absolute atomic E-state index is 13.2. The van der Waals surface area contributed by atoms with Crippen LogP contribution in [0.25, 0.3) is 0 Å². The van der Waals surface area contributed by atoms with Gasteiger partial charge in [-0.1, -0.05) is 11.6 Å². The van der Waals surface area contributed by atoms with Gasteiger partial charge in [0.25, 0.3) is 0 Å². The molecular formula is C8H5BrClFO2. The molecule has 70 valence electrons. The zero-order valence-electron chi connectivity index (χ0n) is 6.57. The van der Waals surface area contributed by atoms with Crippen LogP contribution in [0.1, 0.15) is 15.9 Å². The number of carbonyl (C=O) groups is 1. The van der Waals surface area contributed by atoms with Crippen LogP contribution < -0.4 is 0 Å². The maximum Gasteiger partial charge on any atom is 0.340 e. The van der Waals surface area contributed by atoms with E-state index in [0.29, 0.717) is 5.56 Å². The molecule has 1 aromatic carbocycles. The van der Waals surface area contributed by atoms with Gasteiger partial charge in [-0.25, -0.2) is 9.18 Å². The Morgan fingerprint density at radius 2 is 2.23 bits per heavy atom. The molecule has 0 atom stereocenters. The SMILES string of the molecule is Cc1cc(Br)c(F)c(C(=O)O)c1Cl. The first-order valence-electron chi connectivity index (χ1n) is 3.32. The lowest BCUT2D eigenvalue weighted by Crippen LogP contribution is -2.03. The first kappa shape index (κ1) is 10.5. The summed E-state index contributed by atoms with van der Waals surface area (Å²) in [6.45, 7) is 1.61. The average Bonchev–Trinajstić information content (AvgIpc) is 2.01. The number of halogens is 3. The Bertz CT molecular complexity index is 353. The van der Waals surface area contributed by atoms with Crippen LogP contribution in [0.5, 0.6) is 0 Å². The fourth-order valence-electron chi connectivity index (χ4n) is 0.918. The lowest BCUT2D eigenvalue weighted by molar-refractivity contribution is 0.0692. The summed E-state index contributed by atoms with van der Waals surface area (Å²) < 4.78 is 13.3. The number of rotatable bonds is 1. The standard InChI is InChI=1S/C8H5BrClFO2/c1-3-2-4(9)7(11)5(6(3)10)8(12)13/h2H,1H3,(H,12,13). The summed E-state index contributed by atoms with van der Waals surface area (Å²) in [5, 5.41) is 8.59. The van der Waals surface area contributed by atoms with E-state index in [1.165, 1.54) is 6.07 Å². The van der Waals surface area contributed by atoms with Crippen molar-refractivity contribution in [3.05, 3.63) is 32.5 Å². The van der Waals surface area contributed by atoms with Crippen LogP contribution in [0.4, 0.5) is 4.39 Å². The Morgan fingerprint density at radius 1 is 1.69 bits per heavy atom. The second-order valence-corrected chi connectivity index (χ2v) is 3.72. The third-order valence-electron chi connectivity index (χ3n) is 1.55. The Hall–Kier alpha value is -0.610. The van der Waals surface area contributed by atoms with E-state index in [4.69, 9.17) is 16.7 Å². The van der Waals surface area contributed by atoms with Crippen molar-refractivity contribution in [1.29, 1.82) is 0 Å². The molecule has 0 fully saturated rings. The van der Waals surface area contributed by atoms with Gasteiger partial charge in [0.1, 0.15) is 5.56 Å².